The largest absolute Gasteiger partial charge is 0.497 e. The minimum Gasteiger partial charge on any atom is -0.497 e. The van der Waals surface area contributed by atoms with E-state index in [0.29, 0.717) is 12.1 Å². The van der Waals surface area contributed by atoms with Gasteiger partial charge in [0.1, 0.15) is 11.9 Å². The van der Waals surface area contributed by atoms with Gasteiger partial charge in [0, 0.05) is 5.92 Å². The van der Waals surface area contributed by atoms with Crippen LogP contribution in [0.25, 0.3) is 0 Å². The lowest BCUT2D eigenvalue weighted by Gasteiger charge is -2.14. The molecule has 0 aliphatic rings. The maximum absolute atomic E-state index is 13.6. The average molecular weight is 197 g/mol. The predicted molar refractivity (Wildman–Crippen MR) is 55.1 cm³/mol. The fourth-order valence-electron chi connectivity index (χ4n) is 1.24. The van der Waals surface area contributed by atoms with E-state index in [-0.39, 0.29) is 5.92 Å². The Labute approximate surface area is 83.9 Å². The Morgan fingerprint density at radius 3 is 2.36 bits per heavy atom. The van der Waals surface area contributed by atoms with Crippen molar-refractivity contribution < 1.29 is 9.13 Å². The summed E-state index contributed by atoms with van der Waals surface area (Å²) < 4.78 is 18.6. The second-order valence-electron chi connectivity index (χ2n) is 3.39. The zero-order chi connectivity index (χ0) is 10.6. The number of alkyl halides is 1. The van der Waals surface area contributed by atoms with Crippen LogP contribution in [0.15, 0.2) is 24.3 Å². The van der Waals surface area contributed by atoms with Crippen LogP contribution in [-0.4, -0.2) is 13.7 Å². The highest BCUT2D eigenvalue weighted by molar-refractivity contribution is 5.28. The fourth-order valence-corrected chi connectivity index (χ4v) is 1.24. The van der Waals surface area contributed by atoms with Crippen molar-refractivity contribution in [3.63, 3.8) is 0 Å². The monoisotopic (exact) mass is 197 g/mol. The highest BCUT2D eigenvalue weighted by atomic mass is 19.1. The lowest BCUT2D eigenvalue weighted by Crippen LogP contribution is -2.16. The van der Waals surface area contributed by atoms with Gasteiger partial charge >= 0.3 is 0 Å². The molecule has 0 saturated heterocycles. The standard InChI is InChI=1S/C11H16FNO/c1-8(7-13)11(12)9-3-5-10(14-2)6-4-9/h3-6,8,11H,7,13H2,1-2H3. The summed E-state index contributed by atoms with van der Waals surface area (Å²) in [6, 6.07) is 6.97. The van der Waals surface area contributed by atoms with Gasteiger partial charge in [0.2, 0.25) is 0 Å². The molecule has 0 aliphatic carbocycles. The van der Waals surface area contributed by atoms with Crippen molar-refractivity contribution in [3.05, 3.63) is 29.8 Å². The molecule has 0 bridgehead atoms. The molecule has 2 atom stereocenters. The molecule has 78 valence electrons. The fraction of sp³-hybridized carbons (Fsp3) is 0.455. The van der Waals surface area contributed by atoms with E-state index in [1.54, 1.807) is 38.3 Å². The number of rotatable bonds is 4. The van der Waals surface area contributed by atoms with E-state index < -0.39 is 6.17 Å². The van der Waals surface area contributed by atoms with Crippen LogP contribution in [0.5, 0.6) is 5.75 Å². The third-order valence-corrected chi connectivity index (χ3v) is 2.31. The summed E-state index contributed by atoms with van der Waals surface area (Å²) in [6.07, 6.45) is -0.995. The van der Waals surface area contributed by atoms with Gasteiger partial charge in [-0.1, -0.05) is 19.1 Å². The summed E-state index contributed by atoms with van der Waals surface area (Å²) >= 11 is 0. The molecule has 1 aromatic carbocycles. The van der Waals surface area contributed by atoms with Crippen molar-refractivity contribution in [2.75, 3.05) is 13.7 Å². The van der Waals surface area contributed by atoms with Crippen molar-refractivity contribution in [2.45, 2.75) is 13.1 Å². The first-order valence-corrected chi connectivity index (χ1v) is 4.67. The molecule has 14 heavy (non-hydrogen) atoms. The molecule has 0 saturated carbocycles. The van der Waals surface area contributed by atoms with Crippen LogP contribution < -0.4 is 10.5 Å². The van der Waals surface area contributed by atoms with E-state index in [2.05, 4.69) is 0 Å². The molecule has 0 heterocycles. The summed E-state index contributed by atoms with van der Waals surface area (Å²) in [5, 5.41) is 0. The van der Waals surface area contributed by atoms with Gasteiger partial charge in [-0.25, -0.2) is 4.39 Å². The van der Waals surface area contributed by atoms with Crippen molar-refractivity contribution in [2.24, 2.45) is 11.7 Å². The molecular weight excluding hydrogens is 181 g/mol. The second-order valence-corrected chi connectivity index (χ2v) is 3.39. The highest BCUT2D eigenvalue weighted by Crippen LogP contribution is 2.26. The van der Waals surface area contributed by atoms with Crippen LogP contribution in [0.3, 0.4) is 0 Å². The maximum Gasteiger partial charge on any atom is 0.129 e. The van der Waals surface area contributed by atoms with E-state index in [4.69, 9.17) is 10.5 Å². The molecule has 0 aliphatic heterocycles. The molecule has 1 rings (SSSR count). The first-order chi connectivity index (χ1) is 6.69. The van der Waals surface area contributed by atoms with E-state index in [1.165, 1.54) is 0 Å². The first-order valence-electron chi connectivity index (χ1n) is 4.67. The lowest BCUT2D eigenvalue weighted by atomic mass is 9.99. The number of ether oxygens (including phenoxy) is 1. The highest BCUT2D eigenvalue weighted by Gasteiger charge is 2.16. The average Bonchev–Trinajstić information content (AvgIpc) is 2.27. The predicted octanol–water partition coefficient (Wildman–Crippen LogP) is 2.30. The van der Waals surface area contributed by atoms with E-state index in [0.717, 1.165) is 5.75 Å². The minimum atomic E-state index is -0.995. The Morgan fingerprint density at radius 1 is 1.36 bits per heavy atom. The summed E-state index contributed by atoms with van der Waals surface area (Å²) in [7, 11) is 1.59. The quantitative estimate of drug-likeness (QED) is 0.803. The molecule has 2 nitrogen and oxygen atoms in total. The van der Waals surface area contributed by atoms with Crippen LogP contribution >= 0.6 is 0 Å². The maximum atomic E-state index is 13.6. The molecule has 0 fully saturated rings. The number of hydrogen-bond acceptors (Lipinski definition) is 2. The van der Waals surface area contributed by atoms with Crippen LogP contribution in [0, 0.1) is 5.92 Å². The van der Waals surface area contributed by atoms with Gasteiger partial charge in [0.15, 0.2) is 0 Å². The zero-order valence-corrected chi connectivity index (χ0v) is 8.53. The molecule has 0 amide bonds. The van der Waals surface area contributed by atoms with Crippen LogP contribution in [0.4, 0.5) is 4.39 Å². The normalized spacial score (nSPS) is 14.9. The Balaban J connectivity index is 2.75. The summed E-state index contributed by atoms with van der Waals surface area (Å²) in [5.74, 6) is 0.588. The molecule has 3 heteroatoms. The first kappa shape index (κ1) is 11.0. The summed E-state index contributed by atoms with van der Waals surface area (Å²) in [4.78, 5) is 0. The molecule has 2 unspecified atom stereocenters. The number of benzene rings is 1. The second kappa shape index (κ2) is 4.96. The third-order valence-electron chi connectivity index (χ3n) is 2.31. The Bertz CT molecular complexity index is 273. The van der Waals surface area contributed by atoms with Crippen LogP contribution in [0.1, 0.15) is 18.7 Å². The van der Waals surface area contributed by atoms with Gasteiger partial charge in [-0.3, -0.25) is 0 Å². The van der Waals surface area contributed by atoms with Gasteiger partial charge in [-0.05, 0) is 24.2 Å². The topological polar surface area (TPSA) is 35.2 Å². The number of halogens is 1. The summed E-state index contributed by atoms with van der Waals surface area (Å²) in [6.45, 7) is 2.15. The minimum absolute atomic E-state index is 0.150. The van der Waals surface area contributed by atoms with Gasteiger partial charge in [-0.2, -0.15) is 0 Å². The van der Waals surface area contributed by atoms with Crippen molar-refractivity contribution in [1.29, 1.82) is 0 Å². The van der Waals surface area contributed by atoms with Gasteiger partial charge in [0.25, 0.3) is 0 Å². The Morgan fingerprint density at radius 2 is 1.93 bits per heavy atom. The Hall–Kier alpha value is -1.09. The SMILES string of the molecule is COc1ccc(C(F)C(C)CN)cc1. The zero-order valence-electron chi connectivity index (χ0n) is 8.53. The van der Waals surface area contributed by atoms with Crippen LogP contribution in [0.2, 0.25) is 0 Å². The molecule has 1 aromatic rings. The lowest BCUT2D eigenvalue weighted by molar-refractivity contribution is 0.251. The van der Waals surface area contributed by atoms with E-state index in [1.807, 2.05) is 0 Å². The molecular formula is C11H16FNO. The molecule has 0 radical (unpaired) electrons. The van der Waals surface area contributed by atoms with Crippen molar-refractivity contribution in [3.8, 4) is 5.75 Å². The number of hydrogen-bond donors (Lipinski definition) is 1. The van der Waals surface area contributed by atoms with Crippen molar-refractivity contribution in [1.82, 2.24) is 0 Å². The van der Waals surface area contributed by atoms with Crippen LogP contribution in [-0.2, 0) is 0 Å². The number of nitrogens with two attached hydrogens (primary N) is 1. The van der Waals surface area contributed by atoms with Gasteiger partial charge in [-0.15, -0.1) is 0 Å². The third kappa shape index (κ3) is 2.45. The number of methoxy groups -OCH3 is 1. The Kier molecular flexibility index (Phi) is 3.89. The molecule has 0 aromatic heterocycles. The van der Waals surface area contributed by atoms with Gasteiger partial charge in [0.05, 0.1) is 7.11 Å². The van der Waals surface area contributed by atoms with E-state index >= 15 is 0 Å². The van der Waals surface area contributed by atoms with Gasteiger partial charge < -0.3 is 10.5 Å². The smallest absolute Gasteiger partial charge is 0.129 e. The molecule has 2 N–H and O–H groups in total. The van der Waals surface area contributed by atoms with Crippen molar-refractivity contribution >= 4 is 0 Å². The summed E-state index contributed by atoms with van der Waals surface area (Å²) in [5.41, 5.74) is 6.06. The van der Waals surface area contributed by atoms with E-state index in [9.17, 15) is 4.39 Å². The molecule has 0 spiro atoms.